The van der Waals surface area contributed by atoms with Gasteiger partial charge in [-0.3, -0.25) is 0 Å². The number of halogens is 3. The summed E-state index contributed by atoms with van der Waals surface area (Å²) in [5, 5.41) is 8.77. The van der Waals surface area contributed by atoms with Crippen molar-refractivity contribution in [3.05, 3.63) is 0 Å². The van der Waals surface area contributed by atoms with Gasteiger partial charge in [-0.1, -0.05) is 0 Å². The van der Waals surface area contributed by atoms with E-state index in [2.05, 4.69) is 0 Å². The molecule has 0 aromatic heterocycles. The fourth-order valence-electron chi connectivity index (χ4n) is 0.373. The van der Waals surface area contributed by atoms with Gasteiger partial charge in [-0.05, 0) is 0 Å². The number of hydrogen-bond donors (Lipinski definition) is 1. The summed E-state index contributed by atoms with van der Waals surface area (Å²) in [5.41, 5.74) is 0. The van der Waals surface area contributed by atoms with E-state index in [4.69, 9.17) is 31.9 Å². The van der Waals surface area contributed by atoms with Gasteiger partial charge in [0.05, 0.1) is 0 Å². The van der Waals surface area contributed by atoms with E-state index < -0.39 is 15.0 Å². The van der Waals surface area contributed by atoms with Crippen molar-refractivity contribution in [3.8, 4) is 0 Å². The van der Waals surface area contributed by atoms with E-state index in [-0.39, 0.29) is 6.10 Å². The average Bonchev–Trinajstić information content (AvgIpc) is 1.59. The predicted octanol–water partition coefficient (Wildman–Crippen LogP) is 2.41. The van der Waals surface area contributed by atoms with Crippen LogP contribution in [0.2, 0.25) is 4.44 Å². The normalized spacial score (nSPS) is 15.7. The Balaban J connectivity index is 3.28. The molecular weight excluding hydrogens is 289 g/mol. The molecule has 0 saturated carbocycles. The molecule has 0 aromatic rings. The Labute approximate surface area is 70.3 Å². The van der Waals surface area contributed by atoms with Gasteiger partial charge in [0, 0.05) is 0 Å². The quantitative estimate of drug-likeness (QED) is 0.793. The van der Waals surface area contributed by atoms with Crippen LogP contribution in [0.15, 0.2) is 0 Å². The van der Waals surface area contributed by atoms with Gasteiger partial charge in [0.2, 0.25) is 0 Å². The van der Waals surface area contributed by atoms with Crippen molar-refractivity contribution < 1.29 is 5.11 Å². The summed E-state index contributed by atoms with van der Waals surface area (Å²) in [7, 11) is 16.8. The summed E-state index contributed by atoms with van der Waals surface area (Å²) in [6, 6.07) is 0. The van der Waals surface area contributed by atoms with Crippen LogP contribution in [0.25, 0.3) is 0 Å². The molecule has 0 radical (unpaired) electrons. The first kappa shape index (κ1) is 10.6. The Morgan fingerprint density at radius 3 is 2.00 bits per heavy atom. The van der Waals surface area contributed by atoms with E-state index in [1.54, 1.807) is 6.92 Å². The zero-order valence-electron chi connectivity index (χ0n) is 5.07. The predicted molar refractivity (Wildman–Crippen MR) is 44.4 cm³/mol. The van der Waals surface area contributed by atoms with Gasteiger partial charge in [0.1, 0.15) is 0 Å². The molecule has 1 unspecified atom stereocenters. The summed E-state index contributed by atoms with van der Waals surface area (Å²) in [5.74, 6) is 0. The van der Waals surface area contributed by atoms with Gasteiger partial charge in [-0.15, -0.1) is 0 Å². The van der Waals surface area contributed by atoms with E-state index in [0.717, 1.165) is 0 Å². The Hall–Kier alpha value is 1.63. The van der Waals surface area contributed by atoms with Crippen molar-refractivity contribution >= 4 is 41.8 Å². The topological polar surface area (TPSA) is 20.2 Å². The Bertz CT molecular complexity index is 80.4. The zero-order valence-corrected chi connectivity index (χ0v) is 10.2. The van der Waals surface area contributed by atoms with Crippen LogP contribution in [0.5, 0.6) is 0 Å². The summed E-state index contributed by atoms with van der Waals surface area (Å²) in [6.07, 6.45) is 0.282. The standard InChI is InChI=1S/C4H9O.3ClH.Sn/c1-3-4(2)5;;;;/h4-5H,1,3H2,2H3;3*1H;/q;;;;+3/p-3. The van der Waals surface area contributed by atoms with Crippen molar-refractivity contribution in [1.82, 2.24) is 0 Å². The molecule has 0 fully saturated rings. The van der Waals surface area contributed by atoms with E-state index in [9.17, 15) is 0 Å². The van der Waals surface area contributed by atoms with Gasteiger partial charge in [-0.25, -0.2) is 0 Å². The minimum absolute atomic E-state index is 0.336. The molecular formula is C4H9Cl3OSn. The van der Waals surface area contributed by atoms with Gasteiger partial charge in [0.15, 0.2) is 0 Å². The third kappa shape index (κ3) is 9.63. The van der Waals surface area contributed by atoms with Crippen LogP contribution < -0.4 is 0 Å². The Kier molecular flexibility index (Phi) is 5.31. The molecule has 56 valence electrons. The van der Waals surface area contributed by atoms with Gasteiger partial charge >= 0.3 is 70.8 Å². The minimum atomic E-state index is -3.10. The second-order valence-electron chi connectivity index (χ2n) is 2.00. The molecule has 0 aromatic carbocycles. The number of aliphatic hydroxyl groups excluding tert-OH is 1. The number of hydrogen-bond acceptors (Lipinski definition) is 1. The number of aliphatic hydroxyl groups is 1. The zero-order chi connectivity index (χ0) is 7.49. The maximum absolute atomic E-state index is 8.77. The fraction of sp³-hybridized carbons (Fsp3) is 1.00. The summed E-state index contributed by atoms with van der Waals surface area (Å²) >= 11 is -3.10. The molecule has 0 heterocycles. The molecule has 1 atom stereocenters. The van der Waals surface area contributed by atoms with Crippen LogP contribution in [0.1, 0.15) is 13.3 Å². The molecule has 0 bridgehead atoms. The molecule has 5 heteroatoms. The molecule has 0 aliphatic carbocycles. The summed E-state index contributed by atoms with van der Waals surface area (Å²) in [6.45, 7) is 1.70. The fourth-order valence-corrected chi connectivity index (χ4v) is 4.69. The van der Waals surface area contributed by atoms with Gasteiger partial charge < -0.3 is 0 Å². The van der Waals surface area contributed by atoms with Crippen molar-refractivity contribution in [2.45, 2.75) is 23.9 Å². The molecule has 1 nitrogen and oxygen atoms in total. The molecule has 9 heavy (non-hydrogen) atoms. The van der Waals surface area contributed by atoms with Crippen LogP contribution in [0.3, 0.4) is 0 Å². The maximum atomic E-state index is 8.77. The van der Waals surface area contributed by atoms with Crippen molar-refractivity contribution in [2.24, 2.45) is 0 Å². The first-order valence-electron chi connectivity index (χ1n) is 2.66. The van der Waals surface area contributed by atoms with Gasteiger partial charge in [0.25, 0.3) is 0 Å². The third-order valence-electron chi connectivity index (χ3n) is 0.846. The molecule has 0 amide bonds. The molecule has 1 N–H and O–H groups in total. The van der Waals surface area contributed by atoms with Crippen LogP contribution in [-0.4, -0.2) is 26.2 Å². The van der Waals surface area contributed by atoms with Crippen LogP contribution in [-0.2, 0) is 0 Å². The second-order valence-corrected chi connectivity index (χ2v) is 23.8. The van der Waals surface area contributed by atoms with Crippen LogP contribution in [0.4, 0.5) is 0 Å². The molecule has 0 saturated heterocycles. The first-order valence-corrected chi connectivity index (χ1v) is 15.5. The SMILES string of the molecule is CC(O)C[CH2][Sn]([Cl])([Cl])[Cl]. The first-order chi connectivity index (χ1) is 3.92. The van der Waals surface area contributed by atoms with E-state index in [0.29, 0.717) is 10.9 Å². The van der Waals surface area contributed by atoms with E-state index in [1.807, 2.05) is 0 Å². The molecule has 0 spiro atoms. The average molecular weight is 298 g/mol. The van der Waals surface area contributed by atoms with Crippen molar-refractivity contribution in [2.75, 3.05) is 0 Å². The molecule has 0 aliphatic heterocycles. The Morgan fingerprint density at radius 2 is 1.89 bits per heavy atom. The molecule has 0 aliphatic rings. The Morgan fingerprint density at radius 1 is 1.44 bits per heavy atom. The summed E-state index contributed by atoms with van der Waals surface area (Å²) in [4.78, 5) is 0. The van der Waals surface area contributed by atoms with Crippen LogP contribution >= 0.6 is 26.8 Å². The van der Waals surface area contributed by atoms with E-state index >= 15 is 0 Å². The molecule has 0 rings (SSSR count). The summed E-state index contributed by atoms with van der Waals surface area (Å²) < 4.78 is 0.608. The third-order valence-corrected chi connectivity index (χ3v) is 7.09. The van der Waals surface area contributed by atoms with Crippen molar-refractivity contribution in [1.29, 1.82) is 0 Å². The van der Waals surface area contributed by atoms with Gasteiger partial charge in [-0.2, -0.15) is 0 Å². The van der Waals surface area contributed by atoms with Crippen LogP contribution in [0, 0.1) is 0 Å². The number of rotatable bonds is 3. The van der Waals surface area contributed by atoms with Crippen molar-refractivity contribution in [3.63, 3.8) is 0 Å². The second kappa shape index (κ2) is 4.50. The van der Waals surface area contributed by atoms with E-state index in [1.165, 1.54) is 0 Å². The monoisotopic (exact) mass is 298 g/mol.